The lowest BCUT2D eigenvalue weighted by Crippen LogP contribution is -2.04. The first kappa shape index (κ1) is 9.10. The highest BCUT2D eigenvalue weighted by atomic mass is 15.2. The zero-order valence-corrected chi connectivity index (χ0v) is 8.04. The van der Waals surface area contributed by atoms with E-state index in [1.165, 1.54) is 6.42 Å². The molecule has 1 rings (SSSR count). The third-order valence-electron chi connectivity index (χ3n) is 1.89. The molecule has 0 fully saturated rings. The third kappa shape index (κ3) is 2.26. The molecule has 1 heterocycles. The Morgan fingerprint density at radius 1 is 1.58 bits per heavy atom. The van der Waals surface area contributed by atoms with E-state index in [-0.39, 0.29) is 0 Å². The van der Waals surface area contributed by atoms with Crippen LogP contribution in [0.25, 0.3) is 0 Å². The summed E-state index contributed by atoms with van der Waals surface area (Å²) in [5.41, 5.74) is 0. The summed E-state index contributed by atoms with van der Waals surface area (Å²) in [4.78, 5) is 4.16. The maximum Gasteiger partial charge on any atom is 0.202 e. The van der Waals surface area contributed by atoms with Crippen molar-refractivity contribution in [2.24, 2.45) is 5.92 Å². The summed E-state index contributed by atoms with van der Waals surface area (Å²) in [7, 11) is 1.90. The Hall–Kier alpha value is -0.990. The molecule has 0 amide bonds. The molecule has 0 spiro atoms. The van der Waals surface area contributed by atoms with E-state index in [0.717, 1.165) is 18.4 Å². The van der Waals surface area contributed by atoms with Crippen LogP contribution in [0.3, 0.4) is 0 Å². The van der Waals surface area contributed by atoms with Crippen LogP contribution in [0.5, 0.6) is 0 Å². The van der Waals surface area contributed by atoms with Gasteiger partial charge in [0.05, 0.1) is 0 Å². The molecule has 0 radical (unpaired) electrons. The summed E-state index contributed by atoms with van der Waals surface area (Å²) < 4.78 is 2.14. The van der Waals surface area contributed by atoms with Crippen molar-refractivity contribution < 1.29 is 0 Å². The van der Waals surface area contributed by atoms with E-state index < -0.39 is 0 Å². The maximum absolute atomic E-state index is 4.16. The Labute approximate surface area is 73.8 Å². The lowest BCUT2D eigenvalue weighted by Gasteiger charge is -2.08. The van der Waals surface area contributed by atoms with Crippen LogP contribution in [-0.2, 0) is 6.54 Å². The van der Waals surface area contributed by atoms with E-state index in [1.807, 2.05) is 19.4 Å². The lowest BCUT2D eigenvalue weighted by atomic mass is 10.1. The van der Waals surface area contributed by atoms with E-state index in [1.54, 1.807) is 0 Å². The van der Waals surface area contributed by atoms with Gasteiger partial charge in [-0.1, -0.05) is 13.8 Å². The molecule has 1 N–H and O–H groups in total. The van der Waals surface area contributed by atoms with Crippen molar-refractivity contribution >= 4 is 5.95 Å². The summed E-state index contributed by atoms with van der Waals surface area (Å²) in [5.74, 6) is 1.70. The van der Waals surface area contributed by atoms with Crippen LogP contribution in [0.4, 0.5) is 5.95 Å². The summed E-state index contributed by atoms with van der Waals surface area (Å²) in [6.07, 6.45) is 5.03. The van der Waals surface area contributed by atoms with Gasteiger partial charge in [0.15, 0.2) is 0 Å². The quantitative estimate of drug-likeness (QED) is 0.743. The largest absolute Gasteiger partial charge is 0.359 e. The Kier molecular flexibility index (Phi) is 3.14. The van der Waals surface area contributed by atoms with Crippen LogP contribution in [0.2, 0.25) is 0 Å². The molecule has 68 valence electrons. The van der Waals surface area contributed by atoms with Crippen molar-refractivity contribution in [3.8, 4) is 0 Å². The monoisotopic (exact) mass is 167 g/mol. The molecule has 0 aliphatic heterocycles. The molecular weight excluding hydrogens is 150 g/mol. The predicted octanol–water partition coefficient (Wildman–Crippen LogP) is 1.97. The van der Waals surface area contributed by atoms with E-state index >= 15 is 0 Å². The number of anilines is 1. The van der Waals surface area contributed by atoms with Gasteiger partial charge in [0, 0.05) is 26.0 Å². The SMILES string of the molecule is CNc1nccn1CCC(C)C. The number of rotatable bonds is 4. The van der Waals surface area contributed by atoms with Gasteiger partial charge < -0.3 is 9.88 Å². The fourth-order valence-corrected chi connectivity index (χ4v) is 1.12. The van der Waals surface area contributed by atoms with Crippen LogP contribution in [0, 0.1) is 5.92 Å². The number of imidazole rings is 1. The van der Waals surface area contributed by atoms with Crippen LogP contribution >= 0.6 is 0 Å². The average molecular weight is 167 g/mol. The number of hydrogen-bond acceptors (Lipinski definition) is 2. The van der Waals surface area contributed by atoms with Gasteiger partial charge in [0.1, 0.15) is 0 Å². The Morgan fingerprint density at radius 3 is 2.92 bits per heavy atom. The first-order valence-corrected chi connectivity index (χ1v) is 4.43. The van der Waals surface area contributed by atoms with Gasteiger partial charge in [0.2, 0.25) is 5.95 Å². The zero-order valence-electron chi connectivity index (χ0n) is 8.04. The first-order valence-electron chi connectivity index (χ1n) is 4.43. The standard InChI is InChI=1S/C9H17N3/c1-8(2)4-6-12-7-5-11-9(12)10-3/h5,7-8H,4,6H2,1-3H3,(H,10,11). The van der Waals surface area contributed by atoms with Gasteiger partial charge in [0.25, 0.3) is 0 Å². The molecule has 0 unspecified atom stereocenters. The molecule has 12 heavy (non-hydrogen) atoms. The van der Waals surface area contributed by atoms with Gasteiger partial charge >= 0.3 is 0 Å². The molecule has 0 bridgehead atoms. The molecule has 0 saturated carbocycles. The molecule has 0 atom stereocenters. The van der Waals surface area contributed by atoms with Crippen molar-refractivity contribution in [3.05, 3.63) is 12.4 Å². The van der Waals surface area contributed by atoms with E-state index in [9.17, 15) is 0 Å². The minimum atomic E-state index is 0.747. The van der Waals surface area contributed by atoms with Crippen molar-refractivity contribution in [1.29, 1.82) is 0 Å². The molecule has 1 aromatic rings. The Balaban J connectivity index is 2.50. The van der Waals surface area contributed by atoms with Gasteiger partial charge in [-0.25, -0.2) is 4.98 Å². The summed E-state index contributed by atoms with van der Waals surface area (Å²) in [6.45, 7) is 5.51. The first-order chi connectivity index (χ1) is 5.74. The molecule has 0 saturated heterocycles. The normalized spacial score (nSPS) is 10.7. The minimum Gasteiger partial charge on any atom is -0.359 e. The number of nitrogens with one attached hydrogen (secondary N) is 1. The maximum atomic E-state index is 4.16. The van der Waals surface area contributed by atoms with Gasteiger partial charge in [-0.15, -0.1) is 0 Å². The minimum absolute atomic E-state index is 0.747. The highest BCUT2D eigenvalue weighted by Crippen LogP contribution is 2.07. The van der Waals surface area contributed by atoms with E-state index in [4.69, 9.17) is 0 Å². The zero-order chi connectivity index (χ0) is 8.97. The van der Waals surface area contributed by atoms with Gasteiger partial charge in [-0.2, -0.15) is 0 Å². The smallest absolute Gasteiger partial charge is 0.202 e. The molecule has 0 aliphatic rings. The topological polar surface area (TPSA) is 29.9 Å². The highest BCUT2D eigenvalue weighted by molar-refractivity contribution is 5.23. The second-order valence-electron chi connectivity index (χ2n) is 3.38. The van der Waals surface area contributed by atoms with Crippen LogP contribution in [0.15, 0.2) is 12.4 Å². The highest BCUT2D eigenvalue weighted by Gasteiger charge is 2.00. The van der Waals surface area contributed by atoms with E-state index in [2.05, 4.69) is 28.7 Å². The Bertz CT molecular complexity index is 227. The average Bonchev–Trinajstić information content (AvgIpc) is 2.47. The number of aromatic nitrogens is 2. The van der Waals surface area contributed by atoms with Crippen LogP contribution in [-0.4, -0.2) is 16.6 Å². The molecular formula is C9H17N3. The Morgan fingerprint density at radius 2 is 2.33 bits per heavy atom. The van der Waals surface area contributed by atoms with Crippen molar-refractivity contribution in [3.63, 3.8) is 0 Å². The van der Waals surface area contributed by atoms with Crippen molar-refractivity contribution in [2.75, 3.05) is 12.4 Å². The lowest BCUT2D eigenvalue weighted by molar-refractivity contribution is 0.519. The van der Waals surface area contributed by atoms with Crippen LogP contribution in [0.1, 0.15) is 20.3 Å². The number of hydrogen-bond donors (Lipinski definition) is 1. The summed E-state index contributed by atoms with van der Waals surface area (Å²) in [5, 5.41) is 3.05. The summed E-state index contributed by atoms with van der Waals surface area (Å²) in [6, 6.07) is 0. The fraction of sp³-hybridized carbons (Fsp3) is 0.667. The summed E-state index contributed by atoms with van der Waals surface area (Å²) >= 11 is 0. The molecule has 0 aromatic carbocycles. The molecule has 0 aliphatic carbocycles. The van der Waals surface area contributed by atoms with Crippen molar-refractivity contribution in [2.45, 2.75) is 26.8 Å². The molecule has 1 aromatic heterocycles. The van der Waals surface area contributed by atoms with Crippen LogP contribution < -0.4 is 5.32 Å². The number of aryl methyl sites for hydroxylation is 1. The molecule has 3 heteroatoms. The second kappa shape index (κ2) is 4.14. The van der Waals surface area contributed by atoms with Gasteiger partial charge in [-0.3, -0.25) is 0 Å². The number of nitrogens with zero attached hydrogens (tertiary/aromatic N) is 2. The third-order valence-corrected chi connectivity index (χ3v) is 1.89. The second-order valence-corrected chi connectivity index (χ2v) is 3.38. The van der Waals surface area contributed by atoms with Gasteiger partial charge in [-0.05, 0) is 12.3 Å². The molecule has 3 nitrogen and oxygen atoms in total. The fourth-order valence-electron chi connectivity index (χ4n) is 1.12. The predicted molar refractivity (Wildman–Crippen MR) is 51.2 cm³/mol. The van der Waals surface area contributed by atoms with Crippen molar-refractivity contribution in [1.82, 2.24) is 9.55 Å². The van der Waals surface area contributed by atoms with E-state index in [0.29, 0.717) is 0 Å².